The third kappa shape index (κ3) is 5.31. The average molecular weight is 475 g/mol. The van der Waals surface area contributed by atoms with E-state index in [2.05, 4.69) is 15.2 Å². The molecule has 0 amide bonds. The van der Waals surface area contributed by atoms with Gasteiger partial charge in [0.05, 0.1) is 24.8 Å². The maximum atomic E-state index is 10.7. The fourth-order valence-corrected chi connectivity index (χ4v) is 4.39. The van der Waals surface area contributed by atoms with Crippen molar-refractivity contribution in [3.05, 3.63) is 40.9 Å². The average Bonchev–Trinajstić information content (AvgIpc) is 3.20. The highest BCUT2D eigenvalue weighted by atomic mass is 35.5. The molecular weight excluding hydrogens is 448 g/mol. The zero-order valence-electron chi connectivity index (χ0n) is 18.7. The number of rotatable bonds is 8. The number of piperidine rings is 1. The van der Waals surface area contributed by atoms with Crippen LogP contribution in [0.5, 0.6) is 17.2 Å². The molecule has 1 aromatic heterocycles. The molecule has 0 aliphatic carbocycles. The highest BCUT2D eigenvalue weighted by molar-refractivity contribution is 6.33. The van der Waals surface area contributed by atoms with Crippen molar-refractivity contribution < 1.29 is 24.1 Å². The number of ether oxygens (including phenoxy) is 3. The number of fused-ring (bicyclic) bond motifs is 1. The first kappa shape index (κ1) is 23.1. The summed E-state index contributed by atoms with van der Waals surface area (Å²) in [5, 5.41) is 17.8. The van der Waals surface area contributed by atoms with Crippen LogP contribution in [0.3, 0.4) is 0 Å². The van der Waals surface area contributed by atoms with Gasteiger partial charge in [-0.05, 0) is 56.5 Å². The molecule has 9 nitrogen and oxygen atoms in total. The smallest absolute Gasteiger partial charge is 0.492 e. The van der Waals surface area contributed by atoms with Gasteiger partial charge in [-0.3, -0.25) is 4.90 Å². The van der Waals surface area contributed by atoms with Crippen molar-refractivity contribution in [2.75, 3.05) is 26.3 Å². The molecule has 0 bridgehead atoms. The van der Waals surface area contributed by atoms with E-state index in [0.717, 1.165) is 43.6 Å². The van der Waals surface area contributed by atoms with E-state index in [1.54, 1.807) is 18.2 Å². The van der Waals surface area contributed by atoms with E-state index in [9.17, 15) is 4.79 Å². The molecule has 4 rings (SSSR count). The number of benzene rings is 2. The van der Waals surface area contributed by atoms with Crippen molar-refractivity contribution in [1.29, 1.82) is 0 Å². The van der Waals surface area contributed by atoms with E-state index in [0.29, 0.717) is 35.3 Å². The maximum absolute atomic E-state index is 10.7. The van der Waals surface area contributed by atoms with Gasteiger partial charge in [-0.15, -0.1) is 5.10 Å². The minimum atomic E-state index is -1.35. The lowest BCUT2D eigenvalue weighted by molar-refractivity contribution is 0.144. The van der Waals surface area contributed by atoms with Gasteiger partial charge in [0.1, 0.15) is 27.8 Å². The van der Waals surface area contributed by atoms with Crippen LogP contribution in [0.4, 0.5) is 4.79 Å². The summed E-state index contributed by atoms with van der Waals surface area (Å²) in [6.45, 7) is 7.53. The Kier molecular flexibility index (Phi) is 7.20. The lowest BCUT2D eigenvalue weighted by atomic mass is 10.0. The summed E-state index contributed by atoms with van der Waals surface area (Å²) in [5.41, 5.74) is 2.58. The number of hydrogen-bond donors (Lipinski definition) is 1. The molecule has 0 saturated carbocycles. The highest BCUT2D eigenvalue weighted by Crippen LogP contribution is 2.36. The zero-order chi connectivity index (χ0) is 23.4. The van der Waals surface area contributed by atoms with Crippen LogP contribution in [0.1, 0.15) is 38.3 Å². The first-order valence-electron chi connectivity index (χ1n) is 11.0. The van der Waals surface area contributed by atoms with Crippen LogP contribution < -0.4 is 14.2 Å². The van der Waals surface area contributed by atoms with Gasteiger partial charge in [0.2, 0.25) is 0 Å². The normalized spacial score (nSPS) is 15.0. The number of halogens is 1. The van der Waals surface area contributed by atoms with Crippen LogP contribution in [0.15, 0.2) is 30.3 Å². The molecule has 2 aromatic carbocycles. The molecule has 1 fully saturated rings. The molecule has 176 valence electrons. The molecule has 33 heavy (non-hydrogen) atoms. The van der Waals surface area contributed by atoms with Gasteiger partial charge < -0.3 is 19.3 Å². The number of aromatic nitrogens is 3. The molecule has 1 N–H and O–H groups in total. The van der Waals surface area contributed by atoms with Gasteiger partial charge in [0, 0.05) is 25.7 Å². The van der Waals surface area contributed by atoms with Crippen LogP contribution >= 0.6 is 11.6 Å². The van der Waals surface area contributed by atoms with Gasteiger partial charge >= 0.3 is 6.16 Å². The second kappa shape index (κ2) is 10.3. The Morgan fingerprint density at radius 1 is 1.12 bits per heavy atom. The third-order valence-electron chi connectivity index (χ3n) is 5.62. The quantitative estimate of drug-likeness (QED) is 0.368. The lowest BCUT2D eigenvalue weighted by Crippen LogP contribution is -2.34. The van der Waals surface area contributed by atoms with Crippen LogP contribution in [0, 0.1) is 0 Å². The maximum Gasteiger partial charge on any atom is 0.511 e. The second-order valence-corrected chi connectivity index (χ2v) is 8.21. The first-order valence-corrected chi connectivity index (χ1v) is 11.4. The standard InChI is InChI=1S/C23H27ClN4O5/c1-3-31-20-11-15(12-21(22(20)24)32-4-2)14-27-9-7-16(8-10-27)28-19-6-5-17(33-23(29)30)13-18(19)25-26-28/h5-6,11-13,16H,3-4,7-10,14H2,1-2H3,(H,29,30). The monoisotopic (exact) mass is 474 g/mol. The van der Waals surface area contributed by atoms with Crippen molar-refractivity contribution >= 4 is 28.8 Å². The summed E-state index contributed by atoms with van der Waals surface area (Å²) in [6.07, 6.45) is 0.503. The van der Waals surface area contributed by atoms with Crippen molar-refractivity contribution in [2.45, 2.75) is 39.3 Å². The van der Waals surface area contributed by atoms with Crippen LogP contribution in [0.2, 0.25) is 5.02 Å². The van der Waals surface area contributed by atoms with E-state index in [4.69, 9.17) is 30.9 Å². The molecule has 2 heterocycles. The fraction of sp³-hybridized carbons (Fsp3) is 0.435. The summed E-state index contributed by atoms with van der Waals surface area (Å²) in [7, 11) is 0. The molecule has 0 radical (unpaired) electrons. The van der Waals surface area contributed by atoms with Crippen molar-refractivity contribution in [3.63, 3.8) is 0 Å². The SMILES string of the molecule is CCOc1cc(CN2CCC(n3nnc4cc(OC(=O)O)ccc43)CC2)cc(OCC)c1Cl. The number of carbonyl (C=O) groups is 1. The van der Waals surface area contributed by atoms with E-state index in [1.807, 2.05) is 30.7 Å². The topological polar surface area (TPSA) is 98.9 Å². The summed E-state index contributed by atoms with van der Waals surface area (Å²) < 4.78 is 18.0. The zero-order valence-corrected chi connectivity index (χ0v) is 19.4. The Bertz CT molecular complexity index is 1100. The van der Waals surface area contributed by atoms with E-state index in [1.165, 1.54) is 0 Å². The molecule has 1 aliphatic rings. The van der Waals surface area contributed by atoms with E-state index in [-0.39, 0.29) is 11.8 Å². The molecule has 1 saturated heterocycles. The Morgan fingerprint density at radius 2 is 1.79 bits per heavy atom. The number of carboxylic acid groups (broad SMARTS) is 1. The van der Waals surface area contributed by atoms with Crippen LogP contribution in [-0.2, 0) is 6.54 Å². The molecule has 3 aromatic rings. The number of nitrogens with zero attached hydrogens (tertiary/aromatic N) is 4. The Hall–Kier alpha value is -3.04. The number of likely N-dealkylation sites (tertiary alicyclic amines) is 1. The number of hydrogen-bond acceptors (Lipinski definition) is 7. The molecule has 0 unspecified atom stereocenters. The van der Waals surface area contributed by atoms with Gasteiger partial charge in [-0.25, -0.2) is 9.48 Å². The molecule has 1 aliphatic heterocycles. The minimum absolute atomic E-state index is 0.223. The van der Waals surface area contributed by atoms with E-state index >= 15 is 0 Å². The summed E-state index contributed by atoms with van der Waals surface area (Å²) in [5.74, 6) is 1.53. The Balaban J connectivity index is 1.43. The van der Waals surface area contributed by atoms with Crippen LogP contribution in [0.25, 0.3) is 11.0 Å². The fourth-order valence-electron chi connectivity index (χ4n) is 4.17. The van der Waals surface area contributed by atoms with Gasteiger partial charge in [0.25, 0.3) is 0 Å². The third-order valence-corrected chi connectivity index (χ3v) is 5.99. The minimum Gasteiger partial charge on any atom is -0.492 e. The lowest BCUT2D eigenvalue weighted by Gasteiger charge is -2.32. The summed E-state index contributed by atoms with van der Waals surface area (Å²) >= 11 is 6.42. The molecule has 10 heteroatoms. The highest BCUT2D eigenvalue weighted by Gasteiger charge is 2.24. The van der Waals surface area contributed by atoms with Gasteiger partial charge in [-0.2, -0.15) is 0 Å². The van der Waals surface area contributed by atoms with Gasteiger partial charge in [0.15, 0.2) is 0 Å². The molecular formula is C23H27ClN4O5. The predicted octanol–water partition coefficient (Wildman–Crippen LogP) is 4.78. The van der Waals surface area contributed by atoms with Gasteiger partial charge in [-0.1, -0.05) is 16.8 Å². The second-order valence-electron chi connectivity index (χ2n) is 7.83. The Labute approximate surface area is 196 Å². The van der Waals surface area contributed by atoms with E-state index < -0.39 is 6.16 Å². The van der Waals surface area contributed by atoms with Crippen LogP contribution in [-0.4, -0.2) is 57.5 Å². The summed E-state index contributed by atoms with van der Waals surface area (Å²) in [4.78, 5) is 13.1. The largest absolute Gasteiger partial charge is 0.511 e. The van der Waals surface area contributed by atoms with Crippen molar-refractivity contribution in [2.24, 2.45) is 0 Å². The van der Waals surface area contributed by atoms with Crippen molar-refractivity contribution in [1.82, 2.24) is 19.9 Å². The molecule has 0 spiro atoms. The Morgan fingerprint density at radius 3 is 2.39 bits per heavy atom. The predicted molar refractivity (Wildman–Crippen MR) is 124 cm³/mol. The summed E-state index contributed by atoms with van der Waals surface area (Å²) in [6, 6.07) is 9.22. The molecule has 0 atom stereocenters. The van der Waals surface area contributed by atoms with Crippen molar-refractivity contribution in [3.8, 4) is 17.2 Å². The first-order chi connectivity index (χ1) is 16.0.